The predicted molar refractivity (Wildman–Crippen MR) is 62.2 cm³/mol. The summed E-state index contributed by atoms with van der Waals surface area (Å²) in [6.45, 7) is 3.73. The van der Waals surface area contributed by atoms with Crippen molar-refractivity contribution in [2.24, 2.45) is 0 Å². The Morgan fingerprint density at radius 3 is 3.17 bits per heavy atom. The van der Waals surface area contributed by atoms with E-state index in [0.29, 0.717) is 0 Å². The Bertz CT molecular complexity index is 117. The molecule has 12 heavy (non-hydrogen) atoms. The van der Waals surface area contributed by atoms with Crippen LogP contribution in [0.2, 0.25) is 0 Å². The molecule has 2 heteroatoms. The minimum atomic E-state index is 0.952. The lowest BCUT2D eigenvalue weighted by molar-refractivity contribution is 0.778. The second kappa shape index (κ2) is 6.90. The van der Waals surface area contributed by atoms with E-state index in [0.717, 1.165) is 5.25 Å². The molecule has 0 bridgehead atoms. The predicted octanol–water partition coefficient (Wildman–Crippen LogP) is 3.58. The van der Waals surface area contributed by atoms with E-state index in [-0.39, 0.29) is 0 Å². The Morgan fingerprint density at radius 1 is 1.58 bits per heavy atom. The Hall–Kier alpha value is 0.440. The quantitative estimate of drug-likeness (QED) is 0.494. The molecule has 70 valence electrons. The molecule has 1 unspecified atom stereocenters. The van der Waals surface area contributed by atoms with Crippen molar-refractivity contribution in [3.8, 4) is 0 Å². The second-order valence-corrected chi connectivity index (χ2v) is 5.70. The van der Waals surface area contributed by atoms with Gasteiger partial charge in [-0.3, -0.25) is 0 Å². The minimum Gasteiger partial charge on any atom is -0.161 e. The summed E-state index contributed by atoms with van der Waals surface area (Å²) >= 11 is 4.29. The van der Waals surface area contributed by atoms with Crippen LogP contribution in [0.4, 0.5) is 0 Å². The van der Waals surface area contributed by atoms with Crippen molar-refractivity contribution >= 4 is 23.5 Å². The highest BCUT2D eigenvalue weighted by Gasteiger charge is 2.12. The van der Waals surface area contributed by atoms with Crippen LogP contribution in [0.1, 0.15) is 25.7 Å². The van der Waals surface area contributed by atoms with E-state index >= 15 is 0 Å². The summed E-state index contributed by atoms with van der Waals surface area (Å²) < 4.78 is 0. The Labute approximate surface area is 84.6 Å². The summed E-state index contributed by atoms with van der Waals surface area (Å²) in [6.07, 6.45) is 7.41. The summed E-state index contributed by atoms with van der Waals surface area (Å²) in [5.74, 6) is 4.11. The first-order valence-corrected chi connectivity index (χ1v) is 6.94. The highest BCUT2D eigenvalue weighted by Crippen LogP contribution is 2.27. The van der Waals surface area contributed by atoms with E-state index in [2.05, 4.69) is 30.1 Å². The number of unbranched alkanes of at least 4 members (excludes halogenated alkanes) is 1. The van der Waals surface area contributed by atoms with Gasteiger partial charge in [0.1, 0.15) is 0 Å². The van der Waals surface area contributed by atoms with E-state index < -0.39 is 0 Å². The average Bonchev–Trinajstić information content (AvgIpc) is 2.14. The molecule has 1 heterocycles. The third-order valence-electron chi connectivity index (χ3n) is 2.02. The van der Waals surface area contributed by atoms with Crippen molar-refractivity contribution in [2.75, 3.05) is 17.3 Å². The third kappa shape index (κ3) is 4.46. The highest BCUT2D eigenvalue weighted by molar-refractivity contribution is 8.03. The average molecular weight is 202 g/mol. The van der Waals surface area contributed by atoms with Gasteiger partial charge in [-0.05, 0) is 37.2 Å². The van der Waals surface area contributed by atoms with Crippen molar-refractivity contribution in [2.45, 2.75) is 30.9 Å². The van der Waals surface area contributed by atoms with Crippen LogP contribution >= 0.6 is 23.5 Å². The van der Waals surface area contributed by atoms with Crippen LogP contribution < -0.4 is 0 Å². The molecule has 1 aliphatic heterocycles. The van der Waals surface area contributed by atoms with Gasteiger partial charge in [0.25, 0.3) is 0 Å². The lowest BCUT2D eigenvalue weighted by atomic mass is 10.3. The van der Waals surface area contributed by atoms with E-state index in [1.807, 2.05) is 6.08 Å². The molecule has 0 aromatic rings. The SMILES string of the molecule is C=CCCCSC1CCCSC1. The molecule has 0 saturated carbocycles. The van der Waals surface area contributed by atoms with Crippen molar-refractivity contribution in [1.82, 2.24) is 0 Å². The summed E-state index contributed by atoms with van der Waals surface area (Å²) in [5, 5.41) is 0.952. The maximum absolute atomic E-state index is 3.73. The number of hydrogen-bond acceptors (Lipinski definition) is 2. The van der Waals surface area contributed by atoms with Crippen LogP contribution in [0, 0.1) is 0 Å². The maximum atomic E-state index is 3.73. The summed E-state index contributed by atoms with van der Waals surface area (Å²) in [4.78, 5) is 0. The topological polar surface area (TPSA) is 0 Å². The molecule has 0 aromatic carbocycles. The molecule has 0 aromatic heterocycles. The molecule has 1 atom stereocenters. The van der Waals surface area contributed by atoms with E-state index in [1.165, 1.54) is 42.9 Å². The van der Waals surface area contributed by atoms with E-state index in [4.69, 9.17) is 0 Å². The Balaban J connectivity index is 1.94. The van der Waals surface area contributed by atoms with Crippen molar-refractivity contribution in [1.29, 1.82) is 0 Å². The number of rotatable bonds is 5. The van der Waals surface area contributed by atoms with Crippen LogP contribution in [0.5, 0.6) is 0 Å². The maximum Gasteiger partial charge on any atom is 0.0138 e. The Morgan fingerprint density at radius 2 is 2.50 bits per heavy atom. The van der Waals surface area contributed by atoms with Crippen LogP contribution in [0.25, 0.3) is 0 Å². The zero-order valence-electron chi connectivity index (χ0n) is 7.63. The van der Waals surface area contributed by atoms with Gasteiger partial charge in [-0.15, -0.1) is 6.58 Å². The highest BCUT2D eigenvalue weighted by atomic mass is 32.2. The molecule has 0 amide bonds. The first kappa shape index (κ1) is 10.5. The lowest BCUT2D eigenvalue weighted by Gasteiger charge is -2.20. The zero-order chi connectivity index (χ0) is 8.65. The van der Waals surface area contributed by atoms with Gasteiger partial charge in [-0.2, -0.15) is 23.5 Å². The van der Waals surface area contributed by atoms with Gasteiger partial charge in [0, 0.05) is 11.0 Å². The van der Waals surface area contributed by atoms with E-state index in [9.17, 15) is 0 Å². The van der Waals surface area contributed by atoms with Gasteiger partial charge in [0.05, 0.1) is 0 Å². The first-order chi connectivity index (χ1) is 5.93. The molecule has 1 rings (SSSR count). The molecular weight excluding hydrogens is 184 g/mol. The molecule has 1 aliphatic rings. The van der Waals surface area contributed by atoms with Gasteiger partial charge >= 0.3 is 0 Å². The molecule has 0 radical (unpaired) electrons. The normalized spacial score (nSPS) is 23.8. The van der Waals surface area contributed by atoms with Crippen molar-refractivity contribution in [3.63, 3.8) is 0 Å². The summed E-state index contributed by atoms with van der Waals surface area (Å²) in [6, 6.07) is 0. The van der Waals surface area contributed by atoms with Crippen LogP contribution in [-0.4, -0.2) is 22.5 Å². The number of allylic oxidation sites excluding steroid dienone is 1. The second-order valence-electron chi connectivity index (χ2n) is 3.14. The van der Waals surface area contributed by atoms with Crippen molar-refractivity contribution < 1.29 is 0 Å². The fourth-order valence-electron chi connectivity index (χ4n) is 1.32. The van der Waals surface area contributed by atoms with Crippen LogP contribution in [0.3, 0.4) is 0 Å². The largest absolute Gasteiger partial charge is 0.161 e. The molecular formula is C10H18S2. The monoisotopic (exact) mass is 202 g/mol. The summed E-state index contributed by atoms with van der Waals surface area (Å²) in [5.41, 5.74) is 0. The summed E-state index contributed by atoms with van der Waals surface area (Å²) in [7, 11) is 0. The molecule has 0 N–H and O–H groups in total. The fraction of sp³-hybridized carbons (Fsp3) is 0.800. The molecule has 0 nitrogen and oxygen atoms in total. The Kier molecular flexibility index (Phi) is 6.05. The number of hydrogen-bond donors (Lipinski definition) is 0. The van der Waals surface area contributed by atoms with Gasteiger partial charge in [-0.25, -0.2) is 0 Å². The lowest BCUT2D eigenvalue weighted by Crippen LogP contribution is -2.12. The minimum absolute atomic E-state index is 0.952. The molecule has 1 saturated heterocycles. The zero-order valence-corrected chi connectivity index (χ0v) is 9.26. The molecule has 0 spiro atoms. The first-order valence-electron chi connectivity index (χ1n) is 4.73. The molecule has 1 fully saturated rings. The van der Waals surface area contributed by atoms with E-state index in [1.54, 1.807) is 0 Å². The van der Waals surface area contributed by atoms with Crippen molar-refractivity contribution in [3.05, 3.63) is 12.7 Å². The van der Waals surface area contributed by atoms with Crippen LogP contribution in [0.15, 0.2) is 12.7 Å². The standard InChI is InChI=1S/C10H18S2/c1-2-3-4-8-12-10-6-5-7-11-9-10/h2,10H,1,3-9H2. The molecule has 0 aliphatic carbocycles. The van der Waals surface area contributed by atoms with Gasteiger partial charge in [0.2, 0.25) is 0 Å². The van der Waals surface area contributed by atoms with Gasteiger partial charge in [-0.1, -0.05) is 6.08 Å². The van der Waals surface area contributed by atoms with Crippen LogP contribution in [-0.2, 0) is 0 Å². The third-order valence-corrected chi connectivity index (χ3v) is 4.85. The number of thioether (sulfide) groups is 2. The van der Waals surface area contributed by atoms with Gasteiger partial charge < -0.3 is 0 Å². The fourth-order valence-corrected chi connectivity index (χ4v) is 3.96. The smallest absolute Gasteiger partial charge is 0.0138 e. The van der Waals surface area contributed by atoms with Gasteiger partial charge in [0.15, 0.2) is 0 Å².